The zero-order valence-electron chi connectivity index (χ0n) is 19.9. The first-order valence-electron chi connectivity index (χ1n) is 12.1. The van der Waals surface area contributed by atoms with E-state index in [0.29, 0.717) is 0 Å². The molecule has 0 spiro atoms. The number of aromatic nitrogens is 2. The highest BCUT2D eigenvalue weighted by atomic mass is 79.9. The molecule has 182 valence electrons. The molecule has 0 aliphatic rings. The lowest BCUT2D eigenvalue weighted by Crippen LogP contribution is -1.99. The highest BCUT2D eigenvalue weighted by molar-refractivity contribution is 9.11. The first-order valence-corrected chi connectivity index (χ1v) is 15.3. The number of hydrogen-bond acceptors (Lipinski definition) is 4. The first kappa shape index (κ1) is 23.9. The molecule has 0 fully saturated rings. The van der Waals surface area contributed by atoms with Gasteiger partial charge in [-0.2, -0.15) is 0 Å². The maximum Gasteiger partial charge on any atom is 0.0994 e. The largest absolute Gasteiger partial charge is 0.243 e. The number of nitrogens with zero attached hydrogens (tertiary/aromatic N) is 2. The van der Waals surface area contributed by atoms with Crippen molar-refractivity contribution in [2.24, 2.45) is 0 Å². The maximum absolute atomic E-state index is 5.47. The minimum Gasteiger partial charge on any atom is -0.243 e. The van der Waals surface area contributed by atoms with Gasteiger partial charge in [0.1, 0.15) is 0 Å². The van der Waals surface area contributed by atoms with Crippen LogP contribution in [0.15, 0.2) is 117 Å². The zero-order chi connectivity index (χ0) is 25.6. The van der Waals surface area contributed by atoms with Gasteiger partial charge >= 0.3 is 0 Å². The number of benzene rings is 4. The summed E-state index contributed by atoms with van der Waals surface area (Å²) in [5, 5.41) is 2.35. The van der Waals surface area contributed by atoms with Gasteiger partial charge < -0.3 is 0 Å². The van der Waals surface area contributed by atoms with Crippen LogP contribution in [-0.2, 0) is 0 Å². The second-order valence-corrected chi connectivity index (χ2v) is 13.8. The van der Waals surface area contributed by atoms with Crippen LogP contribution in [0, 0.1) is 0 Å². The van der Waals surface area contributed by atoms with E-state index in [9.17, 15) is 0 Å². The fourth-order valence-electron chi connectivity index (χ4n) is 4.95. The molecule has 0 aliphatic carbocycles. The predicted molar refractivity (Wildman–Crippen MR) is 170 cm³/mol. The van der Waals surface area contributed by atoms with Gasteiger partial charge in [0, 0.05) is 32.0 Å². The Morgan fingerprint density at radius 2 is 0.842 bits per heavy atom. The average Bonchev–Trinajstić information content (AvgIpc) is 3.59. The molecule has 0 unspecified atom stereocenters. The Morgan fingerprint density at radius 3 is 1.21 bits per heavy atom. The van der Waals surface area contributed by atoms with Gasteiger partial charge in [0.2, 0.25) is 0 Å². The van der Waals surface area contributed by atoms with Crippen molar-refractivity contribution in [2.75, 3.05) is 0 Å². The molecule has 0 atom stereocenters. The van der Waals surface area contributed by atoms with Crippen molar-refractivity contribution in [1.82, 2.24) is 9.97 Å². The summed E-state index contributed by atoms with van der Waals surface area (Å²) in [6.07, 6.45) is 0. The van der Waals surface area contributed by atoms with Gasteiger partial charge in [0.05, 0.1) is 30.0 Å². The Labute approximate surface area is 244 Å². The molecule has 7 rings (SSSR count). The first-order chi connectivity index (χ1) is 18.7. The van der Waals surface area contributed by atoms with E-state index in [-0.39, 0.29) is 0 Å². The summed E-state index contributed by atoms with van der Waals surface area (Å²) in [6.45, 7) is 0. The SMILES string of the molecule is Brc1ccc(-c2c3ccccc3c(-c3ccc(Br)s3)c3nc(-c4ccccc4)c(-c4ccccc4)nc23)s1. The standard InChI is InChI=1S/C32H18Br2N2S2/c33-25-17-15-23(37-25)27-21-13-7-8-14-22(21)28(24-16-18-26(34)38-24)32-31(27)35-29(19-9-3-1-4-10-19)30(36-32)20-11-5-2-6-12-20/h1-18H. The van der Waals surface area contributed by atoms with Gasteiger partial charge in [0.15, 0.2) is 0 Å². The van der Waals surface area contributed by atoms with Gasteiger partial charge in [-0.15, -0.1) is 22.7 Å². The maximum atomic E-state index is 5.47. The molecule has 0 aliphatic heterocycles. The highest BCUT2D eigenvalue weighted by Gasteiger charge is 2.23. The summed E-state index contributed by atoms with van der Waals surface area (Å²) in [5.74, 6) is 0. The minimum atomic E-state index is 0.884. The Morgan fingerprint density at radius 1 is 0.447 bits per heavy atom. The lowest BCUT2D eigenvalue weighted by molar-refractivity contribution is 1.30. The summed E-state index contributed by atoms with van der Waals surface area (Å²) < 4.78 is 2.18. The molecule has 2 nitrogen and oxygen atoms in total. The van der Waals surface area contributed by atoms with Crippen LogP contribution in [0.25, 0.3) is 65.2 Å². The van der Waals surface area contributed by atoms with Crippen LogP contribution in [0.3, 0.4) is 0 Å². The van der Waals surface area contributed by atoms with Crippen molar-refractivity contribution < 1.29 is 0 Å². The van der Waals surface area contributed by atoms with Gasteiger partial charge in [-0.1, -0.05) is 84.9 Å². The smallest absolute Gasteiger partial charge is 0.0994 e. The summed E-state index contributed by atoms with van der Waals surface area (Å²) in [6, 6.07) is 37.9. The van der Waals surface area contributed by atoms with Crippen LogP contribution in [0.1, 0.15) is 0 Å². The topological polar surface area (TPSA) is 25.8 Å². The van der Waals surface area contributed by atoms with E-state index >= 15 is 0 Å². The van der Waals surface area contributed by atoms with E-state index < -0.39 is 0 Å². The third kappa shape index (κ3) is 4.12. The molecular formula is C32H18Br2N2S2. The molecular weight excluding hydrogens is 636 g/mol. The van der Waals surface area contributed by atoms with E-state index in [1.54, 1.807) is 22.7 Å². The quantitative estimate of drug-likeness (QED) is 0.177. The minimum absolute atomic E-state index is 0.884. The van der Waals surface area contributed by atoms with Crippen LogP contribution in [0.5, 0.6) is 0 Å². The van der Waals surface area contributed by atoms with E-state index in [1.807, 2.05) is 12.1 Å². The van der Waals surface area contributed by atoms with Crippen LogP contribution in [0.4, 0.5) is 0 Å². The van der Waals surface area contributed by atoms with Gasteiger partial charge in [-0.3, -0.25) is 0 Å². The van der Waals surface area contributed by atoms with Crippen LogP contribution in [-0.4, -0.2) is 9.97 Å². The third-order valence-corrected chi connectivity index (χ3v) is 9.85. The summed E-state index contributed by atoms with van der Waals surface area (Å²) >= 11 is 10.8. The molecule has 0 radical (unpaired) electrons. The Hall–Kier alpha value is -3.16. The molecule has 0 amide bonds. The van der Waals surface area contributed by atoms with Crippen molar-refractivity contribution in [3.63, 3.8) is 0 Å². The number of rotatable bonds is 4. The lowest BCUT2D eigenvalue weighted by Gasteiger charge is -2.17. The van der Waals surface area contributed by atoms with Crippen molar-refractivity contribution in [1.29, 1.82) is 0 Å². The fourth-order valence-corrected chi connectivity index (χ4v) is 7.84. The summed E-state index contributed by atoms with van der Waals surface area (Å²) in [4.78, 5) is 13.3. The molecule has 7 aromatic rings. The molecule has 3 aromatic heterocycles. The summed E-state index contributed by atoms with van der Waals surface area (Å²) in [7, 11) is 0. The Bertz CT molecular complexity index is 1800. The van der Waals surface area contributed by atoms with Crippen molar-refractivity contribution in [3.05, 3.63) is 117 Å². The molecule has 0 bridgehead atoms. The molecule has 0 saturated carbocycles. The Balaban J connectivity index is 1.71. The number of hydrogen-bond donors (Lipinski definition) is 0. The van der Waals surface area contributed by atoms with Crippen molar-refractivity contribution in [3.8, 4) is 43.4 Å². The molecule has 4 aromatic carbocycles. The molecule has 38 heavy (non-hydrogen) atoms. The van der Waals surface area contributed by atoms with E-state index in [4.69, 9.17) is 9.97 Å². The second kappa shape index (κ2) is 9.86. The number of halogens is 2. The third-order valence-electron chi connectivity index (χ3n) is 6.57. The van der Waals surface area contributed by atoms with Gasteiger partial charge in [0.25, 0.3) is 0 Å². The van der Waals surface area contributed by atoms with Crippen molar-refractivity contribution in [2.45, 2.75) is 0 Å². The van der Waals surface area contributed by atoms with E-state index in [2.05, 4.69) is 129 Å². The van der Waals surface area contributed by atoms with E-state index in [1.165, 1.54) is 10.8 Å². The lowest BCUT2D eigenvalue weighted by atomic mass is 9.94. The average molecular weight is 654 g/mol. The van der Waals surface area contributed by atoms with E-state index in [0.717, 1.165) is 62.0 Å². The Kier molecular flexibility index (Phi) is 6.21. The molecule has 3 heterocycles. The zero-order valence-corrected chi connectivity index (χ0v) is 24.7. The van der Waals surface area contributed by atoms with Gasteiger partial charge in [-0.25, -0.2) is 9.97 Å². The molecule has 0 N–H and O–H groups in total. The van der Waals surface area contributed by atoms with Crippen LogP contribution >= 0.6 is 54.5 Å². The highest BCUT2D eigenvalue weighted by Crippen LogP contribution is 2.47. The summed E-state index contributed by atoms with van der Waals surface area (Å²) in [5.41, 5.74) is 7.93. The molecule has 6 heteroatoms. The van der Waals surface area contributed by atoms with Crippen LogP contribution in [0.2, 0.25) is 0 Å². The van der Waals surface area contributed by atoms with Crippen LogP contribution < -0.4 is 0 Å². The molecule has 0 saturated heterocycles. The van der Waals surface area contributed by atoms with Gasteiger partial charge in [-0.05, 0) is 66.9 Å². The second-order valence-electron chi connectivity index (χ2n) is 8.85. The normalized spacial score (nSPS) is 11.4. The number of thiophene rings is 2. The number of fused-ring (bicyclic) bond motifs is 2. The fraction of sp³-hybridized carbons (Fsp3) is 0. The van der Waals surface area contributed by atoms with Crippen molar-refractivity contribution >= 4 is 76.3 Å². The predicted octanol–water partition coefficient (Wildman–Crippen LogP) is 11.1. The monoisotopic (exact) mass is 652 g/mol.